The molecule has 0 N–H and O–H groups in total. The molecule has 82 valence electrons. The maximum Gasteiger partial charge on any atom is 0.253 e. The van der Waals surface area contributed by atoms with Crippen LogP contribution in [0.2, 0.25) is 5.02 Å². The molecule has 0 aliphatic rings. The number of hydrogen-bond acceptors (Lipinski definition) is 1. The summed E-state index contributed by atoms with van der Waals surface area (Å²) in [6, 6.07) is 5.09. The van der Waals surface area contributed by atoms with Crippen molar-refractivity contribution in [1.82, 2.24) is 4.90 Å². The highest BCUT2D eigenvalue weighted by Crippen LogP contribution is 2.23. The van der Waals surface area contributed by atoms with Crippen molar-refractivity contribution in [2.24, 2.45) is 0 Å². The zero-order chi connectivity index (χ0) is 11.4. The van der Waals surface area contributed by atoms with Crippen molar-refractivity contribution in [3.05, 3.63) is 33.3 Å². The van der Waals surface area contributed by atoms with Crippen molar-refractivity contribution in [3.63, 3.8) is 0 Å². The molecule has 0 aliphatic carbocycles. The number of alkyl halides is 1. The van der Waals surface area contributed by atoms with Gasteiger partial charge in [0.15, 0.2) is 0 Å². The standard InChI is InChI=1S/C10H10BrCl2NO/c1-14(5-4-12)10(15)7-2-3-9(13)8(11)6-7/h2-3,6H,4-5H2,1H3. The molecular weight excluding hydrogens is 301 g/mol. The molecule has 1 aromatic carbocycles. The van der Waals surface area contributed by atoms with Gasteiger partial charge >= 0.3 is 0 Å². The van der Waals surface area contributed by atoms with E-state index in [2.05, 4.69) is 15.9 Å². The molecule has 5 heteroatoms. The zero-order valence-electron chi connectivity index (χ0n) is 8.14. The second-order valence-corrected chi connectivity index (χ2v) is 4.68. The minimum Gasteiger partial charge on any atom is -0.341 e. The topological polar surface area (TPSA) is 20.3 Å². The first-order valence-electron chi connectivity index (χ1n) is 4.32. The lowest BCUT2D eigenvalue weighted by Gasteiger charge is -2.15. The summed E-state index contributed by atoms with van der Waals surface area (Å²) >= 11 is 14.7. The van der Waals surface area contributed by atoms with Crippen molar-refractivity contribution in [2.45, 2.75) is 0 Å². The SMILES string of the molecule is CN(CCCl)C(=O)c1ccc(Cl)c(Br)c1. The Hall–Kier alpha value is -0.250. The van der Waals surface area contributed by atoms with Gasteiger partial charge < -0.3 is 4.90 Å². The largest absolute Gasteiger partial charge is 0.341 e. The fourth-order valence-corrected chi connectivity index (χ4v) is 1.83. The summed E-state index contributed by atoms with van der Waals surface area (Å²) < 4.78 is 0.717. The van der Waals surface area contributed by atoms with E-state index in [-0.39, 0.29) is 5.91 Å². The van der Waals surface area contributed by atoms with Gasteiger partial charge in [0.05, 0.1) is 5.02 Å². The van der Waals surface area contributed by atoms with Gasteiger partial charge in [0, 0.05) is 29.5 Å². The predicted octanol–water partition coefficient (Wildman–Crippen LogP) is 3.41. The van der Waals surface area contributed by atoms with Gasteiger partial charge in [0.1, 0.15) is 0 Å². The molecule has 0 saturated carbocycles. The normalized spacial score (nSPS) is 10.1. The maximum atomic E-state index is 11.8. The Morgan fingerprint density at radius 2 is 2.20 bits per heavy atom. The van der Waals surface area contributed by atoms with Crippen LogP contribution in [0.5, 0.6) is 0 Å². The average Bonchev–Trinajstić information content (AvgIpc) is 2.21. The Bertz CT molecular complexity index is 370. The van der Waals surface area contributed by atoms with Gasteiger partial charge in [-0.3, -0.25) is 4.79 Å². The highest BCUT2D eigenvalue weighted by molar-refractivity contribution is 9.10. The fourth-order valence-electron chi connectivity index (χ4n) is 1.08. The Morgan fingerprint density at radius 1 is 1.53 bits per heavy atom. The molecule has 0 radical (unpaired) electrons. The second-order valence-electron chi connectivity index (χ2n) is 3.04. The molecule has 0 bridgehead atoms. The van der Waals surface area contributed by atoms with Crippen molar-refractivity contribution in [2.75, 3.05) is 19.5 Å². The van der Waals surface area contributed by atoms with Gasteiger partial charge in [-0.15, -0.1) is 11.6 Å². The summed E-state index contributed by atoms with van der Waals surface area (Å²) in [5.74, 6) is 0.366. The summed E-state index contributed by atoms with van der Waals surface area (Å²) in [6.45, 7) is 0.528. The van der Waals surface area contributed by atoms with Gasteiger partial charge in [-0.05, 0) is 34.1 Å². The van der Waals surface area contributed by atoms with Crippen LogP contribution in [-0.4, -0.2) is 30.3 Å². The van der Waals surface area contributed by atoms with Gasteiger partial charge in [-0.2, -0.15) is 0 Å². The zero-order valence-corrected chi connectivity index (χ0v) is 11.2. The average molecular weight is 311 g/mol. The summed E-state index contributed by atoms with van der Waals surface area (Å²) in [7, 11) is 1.72. The third-order valence-corrected chi connectivity index (χ3v) is 3.32. The first-order valence-corrected chi connectivity index (χ1v) is 6.03. The molecule has 0 fully saturated rings. The van der Waals surface area contributed by atoms with E-state index in [1.165, 1.54) is 0 Å². The van der Waals surface area contributed by atoms with E-state index >= 15 is 0 Å². The summed E-state index contributed by atoms with van der Waals surface area (Å²) in [6.07, 6.45) is 0. The number of rotatable bonds is 3. The molecule has 2 nitrogen and oxygen atoms in total. The van der Waals surface area contributed by atoms with Crippen LogP contribution in [0.15, 0.2) is 22.7 Å². The molecule has 1 aromatic rings. The minimum absolute atomic E-state index is 0.0620. The van der Waals surface area contributed by atoms with E-state index in [4.69, 9.17) is 23.2 Å². The number of hydrogen-bond donors (Lipinski definition) is 0. The van der Waals surface area contributed by atoms with Crippen LogP contribution in [0.25, 0.3) is 0 Å². The first-order chi connectivity index (χ1) is 7.06. The van der Waals surface area contributed by atoms with Crippen molar-refractivity contribution in [1.29, 1.82) is 0 Å². The maximum absolute atomic E-state index is 11.8. The molecule has 1 amide bonds. The Balaban J connectivity index is 2.87. The Morgan fingerprint density at radius 3 is 2.73 bits per heavy atom. The summed E-state index contributed by atoms with van der Waals surface area (Å²) in [5, 5.41) is 0.589. The van der Waals surface area contributed by atoms with Crippen LogP contribution in [0.1, 0.15) is 10.4 Å². The monoisotopic (exact) mass is 309 g/mol. The van der Waals surface area contributed by atoms with Crippen LogP contribution in [0.3, 0.4) is 0 Å². The molecule has 0 unspecified atom stereocenters. The first kappa shape index (κ1) is 12.8. The molecule has 0 aliphatic heterocycles. The number of carbonyl (C=O) groups excluding carboxylic acids is 1. The van der Waals surface area contributed by atoms with E-state index < -0.39 is 0 Å². The van der Waals surface area contributed by atoms with Gasteiger partial charge in [-0.1, -0.05) is 11.6 Å². The number of amides is 1. The van der Waals surface area contributed by atoms with Gasteiger partial charge in [-0.25, -0.2) is 0 Å². The van der Waals surface area contributed by atoms with E-state index in [1.54, 1.807) is 30.1 Å². The molecule has 15 heavy (non-hydrogen) atoms. The minimum atomic E-state index is -0.0620. The molecule has 0 saturated heterocycles. The fraction of sp³-hybridized carbons (Fsp3) is 0.300. The highest BCUT2D eigenvalue weighted by Gasteiger charge is 2.11. The molecule has 0 aromatic heterocycles. The van der Waals surface area contributed by atoms with Crippen LogP contribution in [0, 0.1) is 0 Å². The lowest BCUT2D eigenvalue weighted by Crippen LogP contribution is -2.28. The predicted molar refractivity (Wildman–Crippen MR) is 66.8 cm³/mol. The molecule has 0 atom stereocenters. The quantitative estimate of drug-likeness (QED) is 0.783. The van der Waals surface area contributed by atoms with E-state index in [9.17, 15) is 4.79 Å². The van der Waals surface area contributed by atoms with Crippen molar-refractivity contribution >= 4 is 45.0 Å². The number of nitrogens with zero attached hydrogens (tertiary/aromatic N) is 1. The highest BCUT2D eigenvalue weighted by atomic mass is 79.9. The van der Waals surface area contributed by atoms with Gasteiger partial charge in [0.2, 0.25) is 0 Å². The third kappa shape index (κ3) is 3.37. The molecule has 0 heterocycles. The van der Waals surface area contributed by atoms with E-state index in [0.29, 0.717) is 27.5 Å². The second kappa shape index (κ2) is 5.73. The number of benzene rings is 1. The van der Waals surface area contributed by atoms with Crippen LogP contribution < -0.4 is 0 Å². The number of halogens is 3. The van der Waals surface area contributed by atoms with Crippen LogP contribution in [0.4, 0.5) is 0 Å². The third-order valence-electron chi connectivity index (χ3n) is 1.93. The van der Waals surface area contributed by atoms with Crippen LogP contribution >= 0.6 is 39.1 Å². The number of carbonyl (C=O) groups is 1. The van der Waals surface area contributed by atoms with E-state index in [0.717, 1.165) is 0 Å². The van der Waals surface area contributed by atoms with Crippen molar-refractivity contribution in [3.8, 4) is 0 Å². The van der Waals surface area contributed by atoms with Crippen molar-refractivity contribution < 1.29 is 4.79 Å². The molecule has 0 spiro atoms. The van der Waals surface area contributed by atoms with E-state index in [1.807, 2.05) is 0 Å². The van der Waals surface area contributed by atoms with Gasteiger partial charge in [0.25, 0.3) is 5.91 Å². The lowest BCUT2D eigenvalue weighted by molar-refractivity contribution is 0.0803. The summed E-state index contributed by atoms with van der Waals surface area (Å²) in [5.41, 5.74) is 0.596. The Kier molecular flexibility index (Phi) is 4.90. The smallest absolute Gasteiger partial charge is 0.253 e. The Labute approximate surface area is 107 Å². The molecule has 1 rings (SSSR count). The lowest BCUT2D eigenvalue weighted by atomic mass is 10.2. The summed E-state index contributed by atoms with van der Waals surface area (Å²) in [4.78, 5) is 13.4. The van der Waals surface area contributed by atoms with Crippen LogP contribution in [-0.2, 0) is 0 Å². The molecular formula is C10H10BrCl2NO.